The third-order valence-electron chi connectivity index (χ3n) is 3.57. The average molecular weight is 249 g/mol. The summed E-state index contributed by atoms with van der Waals surface area (Å²) in [4.78, 5) is 11.9. The summed E-state index contributed by atoms with van der Waals surface area (Å²) in [6, 6.07) is 6.05. The highest BCUT2D eigenvalue weighted by Gasteiger charge is 2.42. The molecule has 1 aromatic carbocycles. The molecule has 0 saturated heterocycles. The fraction of sp³-hybridized carbons (Fsp3) is 0.429. The van der Waals surface area contributed by atoms with Crippen molar-refractivity contribution in [1.29, 1.82) is 0 Å². The van der Waals surface area contributed by atoms with Crippen molar-refractivity contribution in [1.82, 2.24) is 0 Å². The number of halogens is 1. The molecule has 0 heterocycles. The number of Topliss-reactive ketones (excluding diaryl/α,β-unsaturated/α-hetero) is 1. The van der Waals surface area contributed by atoms with Gasteiger partial charge in [0.1, 0.15) is 5.82 Å². The van der Waals surface area contributed by atoms with Gasteiger partial charge in [0.2, 0.25) is 11.3 Å². The molecule has 96 valence electrons. The topological polar surface area (TPSA) is 43.1 Å². The van der Waals surface area contributed by atoms with E-state index in [1.807, 2.05) is 0 Å². The standard InChI is InChI=1S/C14H16FNO2/c1-14(9-5-4-8-13(14)17)16(18)10-11-6-2-3-7-12(11)15/h2-3,6-7,10H,4-5,8-9H2,1H3/t14-/m0/s1. The van der Waals surface area contributed by atoms with Crippen LogP contribution < -0.4 is 0 Å². The zero-order chi connectivity index (χ0) is 13.2. The van der Waals surface area contributed by atoms with Gasteiger partial charge in [-0.2, -0.15) is 4.74 Å². The summed E-state index contributed by atoms with van der Waals surface area (Å²) in [5.74, 6) is -0.512. The molecule has 1 saturated carbocycles. The van der Waals surface area contributed by atoms with Gasteiger partial charge in [-0.05, 0) is 25.0 Å². The van der Waals surface area contributed by atoms with Crippen LogP contribution in [0.4, 0.5) is 4.39 Å². The lowest BCUT2D eigenvalue weighted by Crippen LogP contribution is -2.47. The first-order valence-electron chi connectivity index (χ1n) is 6.13. The molecule has 0 amide bonds. The minimum atomic E-state index is -1.04. The van der Waals surface area contributed by atoms with Crippen LogP contribution in [-0.2, 0) is 4.79 Å². The molecule has 4 heteroatoms. The van der Waals surface area contributed by atoms with Crippen molar-refractivity contribution in [3.05, 3.63) is 40.9 Å². The van der Waals surface area contributed by atoms with Crippen LogP contribution in [-0.4, -0.2) is 22.3 Å². The summed E-state index contributed by atoms with van der Waals surface area (Å²) in [6.45, 7) is 1.64. The van der Waals surface area contributed by atoms with Crippen LogP contribution in [0.2, 0.25) is 0 Å². The van der Waals surface area contributed by atoms with Crippen LogP contribution in [0, 0.1) is 11.0 Å². The summed E-state index contributed by atoms with van der Waals surface area (Å²) in [5.41, 5.74) is -0.826. The Balaban J connectivity index is 2.33. The van der Waals surface area contributed by atoms with Crippen molar-refractivity contribution >= 4 is 12.0 Å². The van der Waals surface area contributed by atoms with Gasteiger partial charge >= 0.3 is 0 Å². The van der Waals surface area contributed by atoms with Crippen molar-refractivity contribution in [2.24, 2.45) is 0 Å². The molecule has 0 aliphatic heterocycles. The first kappa shape index (κ1) is 12.7. The fourth-order valence-corrected chi connectivity index (χ4v) is 2.25. The number of ketones is 1. The normalized spacial score (nSPS) is 25.2. The average Bonchev–Trinajstić information content (AvgIpc) is 2.36. The highest BCUT2D eigenvalue weighted by Crippen LogP contribution is 2.27. The molecule has 2 rings (SSSR count). The lowest BCUT2D eigenvalue weighted by Gasteiger charge is -2.30. The van der Waals surface area contributed by atoms with Crippen LogP contribution in [0.15, 0.2) is 24.3 Å². The predicted molar refractivity (Wildman–Crippen MR) is 67.1 cm³/mol. The predicted octanol–water partition coefficient (Wildman–Crippen LogP) is 2.66. The SMILES string of the molecule is C[C@]1([N+]([O-])=Cc2ccccc2F)CCCCC1=O. The molecule has 1 atom stereocenters. The highest BCUT2D eigenvalue weighted by atomic mass is 19.1. The van der Waals surface area contributed by atoms with Crippen LogP contribution in [0.1, 0.15) is 38.2 Å². The Kier molecular flexibility index (Phi) is 3.45. The largest absolute Gasteiger partial charge is 0.623 e. The van der Waals surface area contributed by atoms with Crippen molar-refractivity contribution in [2.75, 3.05) is 0 Å². The quantitative estimate of drug-likeness (QED) is 0.350. The molecule has 0 N–H and O–H groups in total. The van der Waals surface area contributed by atoms with Gasteiger partial charge in [-0.3, -0.25) is 4.79 Å². The number of hydrogen-bond acceptors (Lipinski definition) is 2. The summed E-state index contributed by atoms with van der Waals surface area (Å²) in [5, 5.41) is 12.1. The second kappa shape index (κ2) is 4.88. The molecular weight excluding hydrogens is 233 g/mol. The van der Waals surface area contributed by atoms with Crippen LogP contribution in [0.5, 0.6) is 0 Å². The molecule has 0 bridgehead atoms. The molecule has 18 heavy (non-hydrogen) atoms. The molecular formula is C14H16FNO2. The second-order valence-electron chi connectivity index (χ2n) is 4.88. The number of rotatable bonds is 2. The number of carbonyl (C=O) groups is 1. The number of benzene rings is 1. The fourth-order valence-electron chi connectivity index (χ4n) is 2.25. The van der Waals surface area contributed by atoms with Crippen LogP contribution in [0.25, 0.3) is 0 Å². The summed E-state index contributed by atoms with van der Waals surface area (Å²) in [6.07, 6.45) is 3.83. The summed E-state index contributed by atoms with van der Waals surface area (Å²) < 4.78 is 14.1. The van der Waals surface area contributed by atoms with E-state index in [1.54, 1.807) is 19.1 Å². The monoisotopic (exact) mass is 249 g/mol. The van der Waals surface area contributed by atoms with Gasteiger partial charge in [-0.25, -0.2) is 4.39 Å². The minimum Gasteiger partial charge on any atom is -0.623 e. The number of hydroxylamine groups is 1. The van der Waals surface area contributed by atoms with E-state index in [-0.39, 0.29) is 11.3 Å². The summed E-state index contributed by atoms with van der Waals surface area (Å²) >= 11 is 0. The molecule has 3 nitrogen and oxygen atoms in total. The van der Waals surface area contributed by atoms with Gasteiger partial charge in [0.15, 0.2) is 6.21 Å². The molecule has 0 radical (unpaired) electrons. The Bertz CT molecular complexity index is 498. The van der Waals surface area contributed by atoms with Gasteiger partial charge in [0, 0.05) is 19.8 Å². The van der Waals surface area contributed by atoms with E-state index in [2.05, 4.69) is 0 Å². The number of nitrogens with zero attached hydrogens (tertiary/aromatic N) is 1. The maximum atomic E-state index is 13.5. The molecule has 1 aliphatic rings. The zero-order valence-corrected chi connectivity index (χ0v) is 10.4. The maximum Gasteiger partial charge on any atom is 0.227 e. The maximum absolute atomic E-state index is 13.5. The van der Waals surface area contributed by atoms with Crippen molar-refractivity contribution < 1.29 is 13.9 Å². The smallest absolute Gasteiger partial charge is 0.227 e. The Labute approximate surface area is 106 Å². The minimum absolute atomic E-state index is 0.0589. The van der Waals surface area contributed by atoms with Gasteiger partial charge < -0.3 is 5.21 Å². The van der Waals surface area contributed by atoms with Gasteiger partial charge in [-0.1, -0.05) is 12.1 Å². The third kappa shape index (κ3) is 2.28. The van der Waals surface area contributed by atoms with Crippen molar-refractivity contribution in [3.63, 3.8) is 0 Å². The van der Waals surface area contributed by atoms with Gasteiger partial charge in [0.05, 0.1) is 5.56 Å². The Morgan fingerprint density at radius 2 is 2.11 bits per heavy atom. The second-order valence-corrected chi connectivity index (χ2v) is 4.88. The van der Waals surface area contributed by atoms with E-state index in [4.69, 9.17) is 0 Å². The van der Waals surface area contributed by atoms with E-state index in [1.165, 1.54) is 18.3 Å². The number of carbonyl (C=O) groups excluding carboxylic acids is 1. The van der Waals surface area contributed by atoms with E-state index in [0.717, 1.165) is 12.8 Å². The molecule has 0 unspecified atom stereocenters. The zero-order valence-electron chi connectivity index (χ0n) is 10.4. The molecule has 1 fully saturated rings. The van der Waals surface area contributed by atoms with Gasteiger partial charge in [0.25, 0.3) is 0 Å². The molecule has 1 aromatic rings. The third-order valence-corrected chi connectivity index (χ3v) is 3.57. The van der Waals surface area contributed by atoms with E-state index >= 15 is 0 Å². The van der Waals surface area contributed by atoms with E-state index in [9.17, 15) is 14.4 Å². The summed E-state index contributed by atoms with van der Waals surface area (Å²) in [7, 11) is 0. The Morgan fingerprint density at radius 1 is 1.39 bits per heavy atom. The van der Waals surface area contributed by atoms with Crippen LogP contribution in [0.3, 0.4) is 0 Å². The number of hydrogen-bond donors (Lipinski definition) is 0. The van der Waals surface area contributed by atoms with Gasteiger partial charge in [-0.15, -0.1) is 0 Å². The first-order valence-corrected chi connectivity index (χ1v) is 6.13. The molecule has 0 aromatic heterocycles. The Hall–Kier alpha value is -1.71. The van der Waals surface area contributed by atoms with Crippen LogP contribution >= 0.6 is 0 Å². The Morgan fingerprint density at radius 3 is 2.78 bits per heavy atom. The molecule has 0 spiro atoms. The highest BCUT2D eigenvalue weighted by molar-refractivity contribution is 5.88. The molecule has 1 aliphatic carbocycles. The van der Waals surface area contributed by atoms with Crippen molar-refractivity contribution in [2.45, 2.75) is 38.1 Å². The lowest BCUT2D eigenvalue weighted by atomic mass is 9.82. The van der Waals surface area contributed by atoms with E-state index in [0.29, 0.717) is 17.6 Å². The first-order chi connectivity index (χ1) is 8.54. The van der Waals surface area contributed by atoms with Crippen molar-refractivity contribution in [3.8, 4) is 0 Å². The van der Waals surface area contributed by atoms with E-state index < -0.39 is 11.4 Å². The lowest BCUT2D eigenvalue weighted by molar-refractivity contribution is -0.525.